The molecule has 0 atom stereocenters. The summed E-state index contributed by atoms with van der Waals surface area (Å²) in [6.07, 6.45) is 9.36. The summed E-state index contributed by atoms with van der Waals surface area (Å²) in [4.78, 5) is 27.8. The topological polar surface area (TPSA) is 49.9 Å². The largest absolute Gasteiger partial charge is 0.469 e. The zero-order valence-electron chi connectivity index (χ0n) is 15.2. The molecule has 0 radical (unpaired) electrons. The highest BCUT2D eigenvalue weighted by Crippen LogP contribution is 2.27. The van der Waals surface area contributed by atoms with Crippen molar-refractivity contribution in [3.8, 4) is 0 Å². The first-order valence-electron chi connectivity index (χ1n) is 9.02. The fraction of sp³-hybridized carbons (Fsp3) is 0.889. The molecule has 1 rings (SSSR count). The van der Waals surface area contributed by atoms with Gasteiger partial charge in [-0.2, -0.15) is 0 Å². The van der Waals surface area contributed by atoms with Crippen LogP contribution in [0.2, 0.25) is 0 Å². The molecule has 1 saturated carbocycles. The van der Waals surface area contributed by atoms with Crippen molar-refractivity contribution in [2.45, 2.75) is 57.8 Å². The third-order valence-electron chi connectivity index (χ3n) is 4.69. The molecule has 0 aliphatic heterocycles. The molecule has 5 heteroatoms. The van der Waals surface area contributed by atoms with E-state index in [0.717, 1.165) is 31.8 Å². The van der Waals surface area contributed by atoms with E-state index in [9.17, 15) is 9.59 Å². The predicted molar refractivity (Wildman–Crippen MR) is 92.2 cm³/mol. The Bertz CT molecular complexity index is 352. The molecule has 1 fully saturated rings. The van der Waals surface area contributed by atoms with Crippen LogP contribution in [0.3, 0.4) is 0 Å². The van der Waals surface area contributed by atoms with E-state index < -0.39 is 0 Å². The highest BCUT2D eigenvalue weighted by molar-refractivity contribution is 5.77. The van der Waals surface area contributed by atoms with Gasteiger partial charge in [0, 0.05) is 19.5 Å². The van der Waals surface area contributed by atoms with Crippen LogP contribution in [0.1, 0.15) is 57.8 Å². The number of hydrogen-bond donors (Lipinski definition) is 0. The quantitative estimate of drug-likeness (QED) is 0.579. The molecule has 134 valence electrons. The van der Waals surface area contributed by atoms with Gasteiger partial charge in [0.25, 0.3) is 0 Å². The van der Waals surface area contributed by atoms with E-state index >= 15 is 0 Å². The van der Waals surface area contributed by atoms with Gasteiger partial charge in [-0.25, -0.2) is 0 Å². The van der Waals surface area contributed by atoms with Gasteiger partial charge in [-0.05, 0) is 39.4 Å². The number of methoxy groups -OCH3 is 1. The van der Waals surface area contributed by atoms with Crippen LogP contribution in [-0.4, -0.2) is 62.5 Å². The first-order chi connectivity index (χ1) is 11.0. The minimum absolute atomic E-state index is 0.193. The van der Waals surface area contributed by atoms with E-state index in [0.29, 0.717) is 13.0 Å². The van der Waals surface area contributed by atoms with Crippen molar-refractivity contribution in [2.75, 3.05) is 40.8 Å². The number of carbonyl (C=O) groups excluding carboxylic acids is 2. The van der Waals surface area contributed by atoms with Crippen molar-refractivity contribution in [3.05, 3.63) is 0 Å². The summed E-state index contributed by atoms with van der Waals surface area (Å²) in [5.41, 5.74) is 0. The Morgan fingerprint density at radius 2 is 1.70 bits per heavy atom. The number of ether oxygens (including phenoxy) is 1. The molecule has 0 unspecified atom stereocenters. The smallest absolute Gasteiger partial charge is 0.307 e. The number of amides is 1. The van der Waals surface area contributed by atoms with Crippen LogP contribution >= 0.6 is 0 Å². The average Bonchev–Trinajstić information content (AvgIpc) is 2.56. The molecule has 5 nitrogen and oxygen atoms in total. The van der Waals surface area contributed by atoms with Crippen molar-refractivity contribution in [2.24, 2.45) is 5.92 Å². The maximum atomic E-state index is 12.5. The number of nitrogens with zero attached hydrogens (tertiary/aromatic N) is 2. The summed E-state index contributed by atoms with van der Waals surface area (Å²) >= 11 is 0. The van der Waals surface area contributed by atoms with Gasteiger partial charge in [-0.15, -0.1) is 0 Å². The fourth-order valence-electron chi connectivity index (χ4n) is 3.23. The van der Waals surface area contributed by atoms with E-state index in [-0.39, 0.29) is 18.3 Å². The lowest BCUT2D eigenvalue weighted by molar-refractivity contribution is -0.141. The molecule has 0 N–H and O–H groups in total. The highest BCUT2D eigenvalue weighted by atomic mass is 16.5. The number of rotatable bonds is 10. The van der Waals surface area contributed by atoms with Crippen LogP contribution in [0.4, 0.5) is 0 Å². The lowest BCUT2D eigenvalue weighted by atomic mass is 9.86. The highest BCUT2D eigenvalue weighted by Gasteiger charge is 2.19. The molecular weight excluding hydrogens is 292 g/mol. The summed E-state index contributed by atoms with van der Waals surface area (Å²) < 4.78 is 4.69. The Morgan fingerprint density at radius 1 is 1.00 bits per heavy atom. The van der Waals surface area contributed by atoms with Crippen LogP contribution in [-0.2, 0) is 14.3 Å². The summed E-state index contributed by atoms with van der Waals surface area (Å²) in [6.45, 7) is 2.15. The number of hydrogen-bond acceptors (Lipinski definition) is 4. The molecule has 1 aliphatic carbocycles. The van der Waals surface area contributed by atoms with Gasteiger partial charge in [0.1, 0.15) is 0 Å². The van der Waals surface area contributed by atoms with Crippen molar-refractivity contribution in [3.63, 3.8) is 0 Å². The van der Waals surface area contributed by atoms with Crippen LogP contribution in [0.15, 0.2) is 0 Å². The van der Waals surface area contributed by atoms with E-state index in [1.807, 2.05) is 19.0 Å². The molecule has 0 aromatic heterocycles. The zero-order chi connectivity index (χ0) is 17.1. The molecule has 23 heavy (non-hydrogen) atoms. The van der Waals surface area contributed by atoms with Gasteiger partial charge in [-0.3, -0.25) is 9.59 Å². The standard InChI is InChI=1S/C18H34N2O3/c1-19(2)13-7-14-20(15-12-18(22)23-3)17(21)11-10-16-8-5-4-6-9-16/h16H,4-15H2,1-3H3. The van der Waals surface area contributed by atoms with Crippen LogP contribution in [0, 0.1) is 5.92 Å². The Hall–Kier alpha value is -1.10. The van der Waals surface area contributed by atoms with E-state index in [2.05, 4.69) is 4.90 Å². The maximum Gasteiger partial charge on any atom is 0.307 e. The Morgan fingerprint density at radius 3 is 2.30 bits per heavy atom. The second-order valence-electron chi connectivity index (χ2n) is 6.91. The Balaban J connectivity index is 2.40. The Kier molecular flexibility index (Phi) is 9.92. The number of esters is 1. The second-order valence-corrected chi connectivity index (χ2v) is 6.91. The first kappa shape index (κ1) is 19.9. The van der Waals surface area contributed by atoms with Crippen LogP contribution in [0.25, 0.3) is 0 Å². The van der Waals surface area contributed by atoms with Crippen molar-refractivity contribution in [1.29, 1.82) is 0 Å². The molecular formula is C18H34N2O3. The Labute approximate surface area is 141 Å². The summed E-state index contributed by atoms with van der Waals surface area (Å²) in [7, 11) is 5.46. The van der Waals surface area contributed by atoms with Gasteiger partial charge >= 0.3 is 5.97 Å². The third-order valence-corrected chi connectivity index (χ3v) is 4.69. The van der Waals surface area contributed by atoms with Crippen molar-refractivity contribution >= 4 is 11.9 Å². The minimum Gasteiger partial charge on any atom is -0.469 e. The van der Waals surface area contributed by atoms with Gasteiger partial charge < -0.3 is 14.5 Å². The van der Waals surface area contributed by atoms with E-state index in [4.69, 9.17) is 4.74 Å². The third kappa shape index (κ3) is 8.94. The average molecular weight is 326 g/mol. The first-order valence-corrected chi connectivity index (χ1v) is 9.02. The summed E-state index contributed by atoms with van der Waals surface area (Å²) in [6, 6.07) is 0. The summed E-state index contributed by atoms with van der Waals surface area (Å²) in [5.74, 6) is 0.665. The maximum absolute atomic E-state index is 12.5. The fourth-order valence-corrected chi connectivity index (χ4v) is 3.23. The van der Waals surface area contributed by atoms with Gasteiger partial charge in [0.15, 0.2) is 0 Å². The monoisotopic (exact) mass is 326 g/mol. The van der Waals surface area contributed by atoms with E-state index in [1.165, 1.54) is 39.2 Å². The SMILES string of the molecule is COC(=O)CCN(CCCN(C)C)C(=O)CCC1CCCCC1. The lowest BCUT2D eigenvalue weighted by Gasteiger charge is -2.25. The van der Waals surface area contributed by atoms with Crippen molar-refractivity contribution in [1.82, 2.24) is 9.80 Å². The number of carbonyl (C=O) groups is 2. The molecule has 0 aromatic carbocycles. The predicted octanol–water partition coefficient (Wildman–Crippen LogP) is 2.69. The van der Waals surface area contributed by atoms with Crippen LogP contribution in [0.5, 0.6) is 0 Å². The molecule has 0 aromatic rings. The zero-order valence-corrected chi connectivity index (χ0v) is 15.2. The van der Waals surface area contributed by atoms with E-state index in [1.54, 1.807) is 0 Å². The van der Waals surface area contributed by atoms with Gasteiger partial charge in [-0.1, -0.05) is 32.1 Å². The normalized spacial score (nSPS) is 15.7. The summed E-state index contributed by atoms with van der Waals surface area (Å²) in [5, 5.41) is 0. The van der Waals surface area contributed by atoms with Crippen molar-refractivity contribution < 1.29 is 14.3 Å². The van der Waals surface area contributed by atoms with Gasteiger partial charge in [0.05, 0.1) is 13.5 Å². The van der Waals surface area contributed by atoms with Gasteiger partial charge in [0.2, 0.25) is 5.91 Å². The molecule has 0 heterocycles. The second kappa shape index (κ2) is 11.4. The molecule has 1 aliphatic rings. The molecule has 1 amide bonds. The lowest BCUT2D eigenvalue weighted by Crippen LogP contribution is -2.35. The minimum atomic E-state index is -0.248. The van der Waals surface area contributed by atoms with Crippen LogP contribution < -0.4 is 0 Å². The molecule has 0 saturated heterocycles. The molecule has 0 bridgehead atoms. The molecule has 0 spiro atoms.